The van der Waals surface area contributed by atoms with Crippen LogP contribution >= 0.6 is 11.8 Å². The maximum Gasteiger partial charge on any atom is 0.365 e. The molecule has 70 valence electrons. The van der Waals surface area contributed by atoms with Crippen LogP contribution in [0.4, 0.5) is 0 Å². The second kappa shape index (κ2) is 6.97. The standard InChI is InChI=1S/C7H14N2O2S/c1-4-11-7(10)6(9-8-3)12-5-2/h8H,4-5H2,1-3H3/b9-6-. The van der Waals surface area contributed by atoms with E-state index in [2.05, 4.69) is 10.5 Å². The fourth-order valence-corrected chi connectivity index (χ4v) is 1.17. The lowest BCUT2D eigenvalue weighted by molar-refractivity contribution is -0.134. The van der Waals surface area contributed by atoms with E-state index in [1.807, 2.05) is 6.92 Å². The molecule has 0 saturated heterocycles. The molecular weight excluding hydrogens is 176 g/mol. The van der Waals surface area contributed by atoms with Crippen molar-refractivity contribution in [1.29, 1.82) is 0 Å². The van der Waals surface area contributed by atoms with Gasteiger partial charge in [0.2, 0.25) is 5.04 Å². The minimum absolute atomic E-state index is 0.362. The largest absolute Gasteiger partial charge is 0.461 e. The average molecular weight is 190 g/mol. The number of hydrazone groups is 1. The van der Waals surface area contributed by atoms with Crippen molar-refractivity contribution in [1.82, 2.24) is 5.43 Å². The summed E-state index contributed by atoms with van der Waals surface area (Å²) in [5.74, 6) is 0.443. The van der Waals surface area contributed by atoms with Crippen molar-refractivity contribution in [3.63, 3.8) is 0 Å². The summed E-state index contributed by atoms with van der Waals surface area (Å²) < 4.78 is 4.78. The van der Waals surface area contributed by atoms with E-state index in [1.54, 1.807) is 14.0 Å². The Labute approximate surface area is 76.7 Å². The molecule has 1 N–H and O–H groups in total. The maximum absolute atomic E-state index is 11.1. The minimum Gasteiger partial charge on any atom is -0.461 e. The van der Waals surface area contributed by atoms with Gasteiger partial charge in [0.1, 0.15) is 0 Å². The van der Waals surface area contributed by atoms with Crippen LogP contribution in [0.3, 0.4) is 0 Å². The van der Waals surface area contributed by atoms with Crippen LogP contribution in [0.25, 0.3) is 0 Å². The summed E-state index contributed by atoms with van der Waals surface area (Å²) in [5.41, 5.74) is 2.56. The monoisotopic (exact) mass is 190 g/mol. The normalized spacial score (nSPS) is 11.1. The molecule has 0 amide bonds. The fourth-order valence-electron chi connectivity index (χ4n) is 0.568. The lowest BCUT2D eigenvalue weighted by atomic mass is 10.7. The Morgan fingerprint density at radius 1 is 1.58 bits per heavy atom. The van der Waals surface area contributed by atoms with Crippen molar-refractivity contribution in [3.8, 4) is 0 Å². The summed E-state index contributed by atoms with van der Waals surface area (Å²) in [6.45, 7) is 4.10. The van der Waals surface area contributed by atoms with Crippen LogP contribution in [0.1, 0.15) is 13.8 Å². The van der Waals surface area contributed by atoms with Crippen molar-refractivity contribution >= 4 is 22.8 Å². The Morgan fingerprint density at radius 3 is 2.67 bits per heavy atom. The van der Waals surface area contributed by atoms with E-state index in [0.717, 1.165) is 5.75 Å². The Balaban J connectivity index is 4.09. The molecule has 0 unspecified atom stereocenters. The minimum atomic E-state index is -0.362. The number of rotatable bonds is 3. The second-order valence-corrected chi connectivity index (χ2v) is 3.05. The average Bonchev–Trinajstić information content (AvgIpc) is 2.04. The van der Waals surface area contributed by atoms with Gasteiger partial charge in [0.15, 0.2) is 0 Å². The molecule has 12 heavy (non-hydrogen) atoms. The molecule has 0 aromatic rings. The zero-order chi connectivity index (χ0) is 9.40. The zero-order valence-corrected chi connectivity index (χ0v) is 8.40. The van der Waals surface area contributed by atoms with Gasteiger partial charge >= 0.3 is 5.97 Å². The van der Waals surface area contributed by atoms with E-state index in [1.165, 1.54) is 11.8 Å². The van der Waals surface area contributed by atoms with Gasteiger partial charge in [0.25, 0.3) is 0 Å². The Bertz CT molecular complexity index is 171. The van der Waals surface area contributed by atoms with Crippen LogP contribution < -0.4 is 5.43 Å². The number of carbonyl (C=O) groups excluding carboxylic acids is 1. The summed E-state index contributed by atoms with van der Waals surface area (Å²) in [4.78, 5) is 11.1. The molecule has 0 rings (SSSR count). The van der Waals surface area contributed by atoms with E-state index >= 15 is 0 Å². The first-order valence-electron chi connectivity index (χ1n) is 3.80. The molecule has 4 nitrogen and oxygen atoms in total. The first kappa shape index (κ1) is 11.3. The topological polar surface area (TPSA) is 50.7 Å². The predicted molar refractivity (Wildman–Crippen MR) is 51.3 cm³/mol. The molecule has 0 fully saturated rings. The van der Waals surface area contributed by atoms with Crippen LogP contribution in [0, 0.1) is 0 Å². The number of nitrogens with zero attached hydrogens (tertiary/aromatic N) is 1. The molecule has 0 heterocycles. The number of nitrogens with one attached hydrogen (secondary N) is 1. The van der Waals surface area contributed by atoms with Crippen LogP contribution in [0.2, 0.25) is 0 Å². The van der Waals surface area contributed by atoms with Crippen LogP contribution in [-0.2, 0) is 9.53 Å². The summed E-state index contributed by atoms with van der Waals surface area (Å²) in [6.07, 6.45) is 0. The molecule has 0 aliphatic rings. The molecule has 0 radical (unpaired) electrons. The highest BCUT2D eigenvalue weighted by Gasteiger charge is 2.11. The highest BCUT2D eigenvalue weighted by Crippen LogP contribution is 2.04. The number of ether oxygens (including phenoxy) is 1. The lowest BCUT2D eigenvalue weighted by Crippen LogP contribution is -2.17. The summed E-state index contributed by atoms with van der Waals surface area (Å²) in [7, 11) is 1.65. The number of carbonyl (C=O) groups is 1. The van der Waals surface area contributed by atoms with Crippen LogP contribution in [0.5, 0.6) is 0 Å². The van der Waals surface area contributed by atoms with Gasteiger partial charge in [-0.3, -0.25) is 0 Å². The van der Waals surface area contributed by atoms with Gasteiger partial charge in [0, 0.05) is 7.05 Å². The fraction of sp³-hybridized carbons (Fsp3) is 0.714. The Hall–Kier alpha value is -0.710. The molecule has 0 atom stereocenters. The van der Waals surface area contributed by atoms with E-state index in [4.69, 9.17) is 4.74 Å². The molecule has 5 heteroatoms. The molecule has 0 aliphatic carbocycles. The van der Waals surface area contributed by atoms with E-state index in [0.29, 0.717) is 11.7 Å². The molecule has 0 saturated carbocycles. The summed E-state index contributed by atoms with van der Waals surface area (Å²) >= 11 is 1.36. The lowest BCUT2D eigenvalue weighted by Gasteiger charge is -2.02. The first-order valence-corrected chi connectivity index (χ1v) is 4.79. The number of hydrogen-bond donors (Lipinski definition) is 1. The molecule has 0 aromatic carbocycles. The third-order valence-electron chi connectivity index (χ3n) is 0.944. The third kappa shape index (κ3) is 4.23. The van der Waals surface area contributed by atoms with Gasteiger partial charge < -0.3 is 10.2 Å². The van der Waals surface area contributed by atoms with Crippen molar-refractivity contribution in [2.75, 3.05) is 19.4 Å². The van der Waals surface area contributed by atoms with Crippen molar-refractivity contribution in [2.24, 2.45) is 5.10 Å². The summed E-state index contributed by atoms with van der Waals surface area (Å²) in [6, 6.07) is 0. The van der Waals surface area contributed by atoms with Gasteiger partial charge in [-0.15, -0.1) is 0 Å². The van der Waals surface area contributed by atoms with Gasteiger partial charge in [0.05, 0.1) is 6.61 Å². The van der Waals surface area contributed by atoms with E-state index in [-0.39, 0.29) is 5.97 Å². The van der Waals surface area contributed by atoms with Crippen molar-refractivity contribution in [3.05, 3.63) is 0 Å². The quantitative estimate of drug-likeness (QED) is 0.310. The van der Waals surface area contributed by atoms with Gasteiger partial charge in [-0.1, -0.05) is 18.7 Å². The molecule has 0 aromatic heterocycles. The Morgan fingerprint density at radius 2 is 2.25 bits per heavy atom. The SMILES string of the molecule is CCOC(=O)/C(=N/NC)SCC. The van der Waals surface area contributed by atoms with Gasteiger partial charge in [-0.25, -0.2) is 4.79 Å². The van der Waals surface area contributed by atoms with Crippen LogP contribution in [0.15, 0.2) is 5.10 Å². The molecule has 0 aliphatic heterocycles. The smallest absolute Gasteiger partial charge is 0.365 e. The zero-order valence-electron chi connectivity index (χ0n) is 7.59. The molecule has 0 bridgehead atoms. The predicted octanol–water partition coefficient (Wildman–Crippen LogP) is 0.836. The number of thioether (sulfide) groups is 1. The third-order valence-corrected chi connectivity index (χ3v) is 1.76. The number of esters is 1. The summed E-state index contributed by atoms with van der Waals surface area (Å²) in [5, 5.41) is 4.16. The van der Waals surface area contributed by atoms with Gasteiger partial charge in [-0.05, 0) is 12.7 Å². The van der Waals surface area contributed by atoms with Crippen molar-refractivity contribution in [2.45, 2.75) is 13.8 Å². The highest BCUT2D eigenvalue weighted by atomic mass is 32.2. The maximum atomic E-state index is 11.1. The van der Waals surface area contributed by atoms with Crippen molar-refractivity contribution < 1.29 is 9.53 Å². The molecule has 0 spiro atoms. The first-order chi connectivity index (χ1) is 5.76. The highest BCUT2D eigenvalue weighted by molar-refractivity contribution is 8.15. The van der Waals surface area contributed by atoms with E-state index in [9.17, 15) is 4.79 Å². The van der Waals surface area contributed by atoms with Crippen LogP contribution in [-0.4, -0.2) is 30.4 Å². The number of hydrogen-bond acceptors (Lipinski definition) is 5. The second-order valence-electron chi connectivity index (χ2n) is 1.79. The molecular formula is C7H14N2O2S. The Kier molecular flexibility index (Phi) is 6.55. The van der Waals surface area contributed by atoms with Gasteiger partial charge in [-0.2, -0.15) is 5.10 Å². The van der Waals surface area contributed by atoms with E-state index < -0.39 is 0 Å².